The first kappa shape index (κ1) is 15.6. The molecule has 114 valence electrons. The number of benzene rings is 1. The second-order valence-electron chi connectivity index (χ2n) is 6.72. The Kier molecular flexibility index (Phi) is 4.85. The van der Waals surface area contributed by atoms with E-state index in [4.69, 9.17) is 14.6 Å². The van der Waals surface area contributed by atoms with Crippen molar-refractivity contribution in [3.05, 3.63) is 47.3 Å². The van der Waals surface area contributed by atoms with Gasteiger partial charge in [0.15, 0.2) is 7.98 Å². The van der Waals surface area contributed by atoms with Crippen LogP contribution in [0.3, 0.4) is 0 Å². The van der Waals surface area contributed by atoms with Crippen molar-refractivity contribution in [3.8, 4) is 0 Å². The Morgan fingerprint density at radius 3 is 2.27 bits per heavy atom. The van der Waals surface area contributed by atoms with Crippen molar-refractivity contribution in [1.82, 2.24) is 10.1 Å². The number of nitrogens with zero attached hydrogens (tertiary/aromatic N) is 2. The lowest BCUT2D eigenvalue weighted by molar-refractivity contribution is 0.105. The standard InChI is InChI=1S/C18H24BN3/c1-20-18(15-5-3-2-4-6-15)11-7-17(8-12-18)22-13-9-16(21-19)10-14-22/h2-6,16-17,21H,7-14H2. The van der Waals surface area contributed by atoms with Crippen LogP contribution in [0.25, 0.3) is 4.85 Å². The highest BCUT2D eigenvalue weighted by molar-refractivity contribution is 6.04. The molecule has 2 fully saturated rings. The normalized spacial score (nSPS) is 30.8. The molecule has 3 rings (SSSR count). The van der Waals surface area contributed by atoms with E-state index in [0.29, 0.717) is 12.1 Å². The molecule has 2 aliphatic rings. The number of rotatable bonds is 3. The number of hydrogen-bond donors (Lipinski definition) is 1. The van der Waals surface area contributed by atoms with Crippen LogP contribution in [0.15, 0.2) is 30.3 Å². The third kappa shape index (κ3) is 3.07. The molecule has 1 aromatic rings. The van der Waals surface area contributed by atoms with E-state index in [-0.39, 0.29) is 5.54 Å². The van der Waals surface area contributed by atoms with Gasteiger partial charge in [-0.1, -0.05) is 30.3 Å². The Morgan fingerprint density at radius 2 is 1.73 bits per heavy atom. The zero-order chi connectivity index (χ0) is 15.4. The fourth-order valence-electron chi connectivity index (χ4n) is 4.09. The zero-order valence-electron chi connectivity index (χ0n) is 13.2. The minimum Gasteiger partial charge on any atom is -0.364 e. The largest absolute Gasteiger partial charge is 0.364 e. The molecule has 0 atom stereocenters. The van der Waals surface area contributed by atoms with Crippen molar-refractivity contribution >= 4 is 7.98 Å². The van der Waals surface area contributed by atoms with Crippen molar-refractivity contribution in [2.45, 2.75) is 56.1 Å². The minimum atomic E-state index is -0.283. The summed E-state index contributed by atoms with van der Waals surface area (Å²) in [5.41, 5.74) is 0.920. The van der Waals surface area contributed by atoms with E-state index in [0.717, 1.165) is 51.6 Å². The molecule has 0 amide bonds. The first-order chi connectivity index (χ1) is 10.8. The fourth-order valence-corrected chi connectivity index (χ4v) is 4.09. The van der Waals surface area contributed by atoms with Crippen molar-refractivity contribution in [1.29, 1.82) is 0 Å². The van der Waals surface area contributed by atoms with E-state index in [9.17, 15) is 0 Å². The molecule has 1 N–H and O–H groups in total. The van der Waals surface area contributed by atoms with E-state index in [2.05, 4.69) is 39.2 Å². The summed E-state index contributed by atoms with van der Waals surface area (Å²) in [6.07, 6.45) is 6.52. The average Bonchev–Trinajstić information content (AvgIpc) is 2.63. The smallest absolute Gasteiger partial charge is 0.257 e. The van der Waals surface area contributed by atoms with Gasteiger partial charge in [-0.15, -0.1) is 0 Å². The summed E-state index contributed by atoms with van der Waals surface area (Å²) < 4.78 is 0. The van der Waals surface area contributed by atoms with Crippen molar-refractivity contribution in [2.24, 2.45) is 0 Å². The maximum absolute atomic E-state index is 7.73. The molecular formula is C18H24BN3. The van der Waals surface area contributed by atoms with Crippen LogP contribution in [0, 0.1) is 6.57 Å². The van der Waals surface area contributed by atoms with Gasteiger partial charge >= 0.3 is 0 Å². The van der Waals surface area contributed by atoms with Crippen LogP contribution in [0.2, 0.25) is 0 Å². The van der Waals surface area contributed by atoms with E-state index < -0.39 is 0 Å². The molecule has 1 aliphatic heterocycles. The van der Waals surface area contributed by atoms with Gasteiger partial charge < -0.3 is 15.0 Å². The SMILES string of the molecule is [B]NC1CCN(C2CCC([N+]#[C-])(c3ccccc3)CC2)CC1. The monoisotopic (exact) mass is 293 g/mol. The Hall–Kier alpha value is -1.31. The van der Waals surface area contributed by atoms with E-state index in [1.54, 1.807) is 0 Å². The van der Waals surface area contributed by atoms with Crippen molar-refractivity contribution < 1.29 is 0 Å². The predicted octanol–water partition coefficient (Wildman–Crippen LogP) is 2.88. The molecule has 1 aromatic carbocycles. The molecule has 3 nitrogen and oxygen atoms in total. The Balaban J connectivity index is 1.61. The summed E-state index contributed by atoms with van der Waals surface area (Å²) in [7, 11) is 5.54. The van der Waals surface area contributed by atoms with Crippen LogP contribution >= 0.6 is 0 Å². The van der Waals surface area contributed by atoms with Gasteiger partial charge in [-0.05, 0) is 44.8 Å². The molecule has 0 unspecified atom stereocenters. The molecule has 0 spiro atoms. The Bertz CT molecular complexity index is 509. The second kappa shape index (κ2) is 6.85. The Labute approximate surface area is 135 Å². The third-order valence-corrected chi connectivity index (χ3v) is 5.59. The minimum absolute atomic E-state index is 0.283. The number of hydrogen-bond acceptors (Lipinski definition) is 2. The van der Waals surface area contributed by atoms with Gasteiger partial charge in [-0.2, -0.15) is 0 Å². The van der Waals surface area contributed by atoms with Gasteiger partial charge in [-0.25, -0.2) is 6.57 Å². The Morgan fingerprint density at radius 1 is 1.09 bits per heavy atom. The molecule has 0 bridgehead atoms. The molecule has 1 saturated heterocycles. The molecule has 1 heterocycles. The highest BCUT2D eigenvalue weighted by Crippen LogP contribution is 2.42. The molecule has 4 heteroatoms. The topological polar surface area (TPSA) is 19.6 Å². The lowest BCUT2D eigenvalue weighted by Gasteiger charge is -2.41. The third-order valence-electron chi connectivity index (χ3n) is 5.59. The zero-order valence-corrected chi connectivity index (χ0v) is 13.2. The quantitative estimate of drug-likeness (QED) is 0.683. The first-order valence-electron chi connectivity index (χ1n) is 8.42. The van der Waals surface area contributed by atoms with E-state index in [1.807, 2.05) is 6.07 Å². The molecule has 22 heavy (non-hydrogen) atoms. The number of piperidine rings is 1. The summed E-state index contributed by atoms with van der Waals surface area (Å²) in [6.45, 7) is 10.0. The van der Waals surface area contributed by atoms with Crippen LogP contribution in [-0.2, 0) is 5.54 Å². The van der Waals surface area contributed by atoms with Crippen molar-refractivity contribution in [3.63, 3.8) is 0 Å². The number of nitrogens with one attached hydrogen (secondary N) is 1. The van der Waals surface area contributed by atoms with Crippen LogP contribution < -0.4 is 5.23 Å². The molecule has 2 radical (unpaired) electrons. The van der Waals surface area contributed by atoms with Crippen LogP contribution in [0.5, 0.6) is 0 Å². The van der Waals surface area contributed by atoms with Crippen LogP contribution in [-0.4, -0.2) is 38.1 Å². The van der Waals surface area contributed by atoms with Gasteiger partial charge in [0.05, 0.1) is 0 Å². The lowest BCUT2D eigenvalue weighted by Crippen LogP contribution is -2.48. The molecule has 1 aliphatic carbocycles. The summed E-state index contributed by atoms with van der Waals surface area (Å²) in [5.74, 6) is 0. The van der Waals surface area contributed by atoms with Gasteiger partial charge in [0, 0.05) is 24.4 Å². The van der Waals surface area contributed by atoms with Crippen LogP contribution in [0.1, 0.15) is 44.1 Å². The molecule has 0 aromatic heterocycles. The lowest BCUT2D eigenvalue weighted by atomic mass is 9.75. The highest BCUT2D eigenvalue weighted by atomic mass is 15.2. The number of likely N-dealkylation sites (tertiary alicyclic amines) is 1. The van der Waals surface area contributed by atoms with Gasteiger partial charge in [-0.3, -0.25) is 0 Å². The maximum atomic E-state index is 7.73. The molecule has 1 saturated carbocycles. The average molecular weight is 293 g/mol. The van der Waals surface area contributed by atoms with E-state index in [1.165, 1.54) is 5.56 Å². The predicted molar refractivity (Wildman–Crippen MR) is 90.5 cm³/mol. The van der Waals surface area contributed by atoms with Crippen molar-refractivity contribution in [2.75, 3.05) is 13.1 Å². The second-order valence-corrected chi connectivity index (χ2v) is 6.72. The maximum Gasteiger partial charge on any atom is 0.257 e. The highest BCUT2D eigenvalue weighted by Gasteiger charge is 2.44. The van der Waals surface area contributed by atoms with Gasteiger partial charge in [0.1, 0.15) is 0 Å². The summed E-state index contributed by atoms with van der Waals surface area (Å²) in [5, 5.41) is 2.90. The first-order valence-corrected chi connectivity index (χ1v) is 8.42. The van der Waals surface area contributed by atoms with E-state index >= 15 is 0 Å². The molecular weight excluding hydrogens is 269 g/mol. The summed E-state index contributed by atoms with van der Waals surface area (Å²) in [6, 6.07) is 11.5. The van der Waals surface area contributed by atoms with Gasteiger partial charge in [0.2, 0.25) is 0 Å². The summed E-state index contributed by atoms with van der Waals surface area (Å²) in [4.78, 5) is 6.68. The summed E-state index contributed by atoms with van der Waals surface area (Å²) >= 11 is 0. The van der Waals surface area contributed by atoms with Crippen LogP contribution in [0.4, 0.5) is 0 Å². The fraction of sp³-hybridized carbons (Fsp3) is 0.611. The van der Waals surface area contributed by atoms with Gasteiger partial charge in [0.25, 0.3) is 5.54 Å².